The quantitative estimate of drug-likeness (QED) is 0.599. The molecule has 0 aliphatic heterocycles. The van der Waals surface area contributed by atoms with E-state index in [4.69, 9.17) is 5.26 Å². The molecule has 0 saturated heterocycles. The number of aryl methyl sites for hydroxylation is 1. The number of fused-ring (bicyclic) bond motifs is 1. The summed E-state index contributed by atoms with van der Waals surface area (Å²) in [6, 6.07) is 15.9. The number of thiol groups is 1. The summed E-state index contributed by atoms with van der Waals surface area (Å²) in [5.74, 6) is 0. The van der Waals surface area contributed by atoms with Crippen LogP contribution in [0.5, 0.6) is 0 Å². The fourth-order valence-electron chi connectivity index (χ4n) is 2.51. The number of nitriles is 2. The van der Waals surface area contributed by atoms with Crippen LogP contribution in [0.2, 0.25) is 0 Å². The van der Waals surface area contributed by atoms with Crippen molar-refractivity contribution in [1.82, 2.24) is 4.98 Å². The maximum atomic E-state index is 9.18. The number of nitrogens with zero attached hydrogens (tertiary/aromatic N) is 2. The summed E-state index contributed by atoms with van der Waals surface area (Å²) in [5.41, 5.74) is 5.26. The van der Waals surface area contributed by atoms with Crippen molar-refractivity contribution in [2.24, 2.45) is 5.14 Å². The van der Waals surface area contributed by atoms with Crippen molar-refractivity contribution >= 4 is 23.7 Å². The first-order valence-electron chi connectivity index (χ1n) is 6.51. The Bertz CT molecular complexity index is 897. The van der Waals surface area contributed by atoms with E-state index in [1.54, 1.807) is 12.3 Å². The van der Waals surface area contributed by atoms with Crippen LogP contribution in [0.1, 0.15) is 16.7 Å². The molecule has 0 aliphatic rings. The minimum atomic E-state index is 0.628. The minimum absolute atomic E-state index is 0.628. The molecule has 0 radical (unpaired) electrons. The van der Waals surface area contributed by atoms with Gasteiger partial charge in [-0.25, -0.2) is 0 Å². The molecule has 4 nitrogen and oxygen atoms in total. The van der Waals surface area contributed by atoms with Gasteiger partial charge in [-0.3, -0.25) is 5.14 Å². The SMILES string of the molecule is Cc1ccc(-c2cccc(C#N)c2)c2[nH]cc(C#N)c12.NS. The summed E-state index contributed by atoms with van der Waals surface area (Å²) in [7, 11) is 0. The molecule has 3 aromatic rings. The van der Waals surface area contributed by atoms with Gasteiger partial charge in [0.15, 0.2) is 0 Å². The predicted octanol–water partition coefficient (Wildman–Crippen LogP) is 3.68. The Hall–Kier alpha value is -2.73. The first-order valence-corrected chi connectivity index (χ1v) is 7.03. The summed E-state index contributed by atoms with van der Waals surface area (Å²) < 4.78 is 0. The molecule has 0 atom stereocenters. The van der Waals surface area contributed by atoms with Crippen LogP contribution in [-0.4, -0.2) is 4.98 Å². The van der Waals surface area contributed by atoms with Crippen LogP contribution >= 0.6 is 12.8 Å². The van der Waals surface area contributed by atoms with Gasteiger partial charge >= 0.3 is 0 Å². The number of rotatable bonds is 1. The Morgan fingerprint density at radius 3 is 2.55 bits per heavy atom. The van der Waals surface area contributed by atoms with Crippen molar-refractivity contribution in [3.63, 3.8) is 0 Å². The smallest absolute Gasteiger partial charge is 0.101 e. The number of benzene rings is 2. The van der Waals surface area contributed by atoms with E-state index in [-0.39, 0.29) is 0 Å². The average Bonchev–Trinajstić information content (AvgIpc) is 3.02. The second kappa shape index (κ2) is 6.82. The van der Waals surface area contributed by atoms with Crippen molar-refractivity contribution in [1.29, 1.82) is 10.5 Å². The maximum absolute atomic E-state index is 9.18. The zero-order valence-corrected chi connectivity index (χ0v) is 12.9. The number of nitrogens with one attached hydrogen (secondary N) is 1. The summed E-state index contributed by atoms with van der Waals surface area (Å²) in [6.45, 7) is 1.99. The van der Waals surface area contributed by atoms with Crippen LogP contribution in [0, 0.1) is 29.6 Å². The minimum Gasteiger partial charge on any atom is -0.359 e. The zero-order valence-electron chi connectivity index (χ0n) is 12.0. The highest BCUT2D eigenvalue weighted by atomic mass is 32.1. The Morgan fingerprint density at radius 2 is 1.86 bits per heavy atom. The second-order valence-electron chi connectivity index (χ2n) is 4.69. The Labute approximate surface area is 134 Å². The third-order valence-electron chi connectivity index (χ3n) is 3.47. The summed E-state index contributed by atoms with van der Waals surface area (Å²) >= 11 is 3.03. The topological polar surface area (TPSA) is 89.4 Å². The van der Waals surface area contributed by atoms with Crippen molar-refractivity contribution < 1.29 is 0 Å². The molecule has 0 spiro atoms. The number of nitrogens with two attached hydrogens (primary N) is 1. The molecular weight excluding hydrogens is 292 g/mol. The molecule has 0 unspecified atom stereocenters. The number of aromatic nitrogens is 1. The van der Waals surface area contributed by atoms with E-state index in [0.717, 1.165) is 27.6 Å². The van der Waals surface area contributed by atoms with Gasteiger partial charge in [0.25, 0.3) is 0 Å². The molecule has 108 valence electrons. The molecule has 3 rings (SSSR count). The first-order chi connectivity index (χ1) is 10.7. The van der Waals surface area contributed by atoms with Gasteiger partial charge in [-0.1, -0.05) is 24.3 Å². The van der Waals surface area contributed by atoms with E-state index in [0.29, 0.717) is 11.1 Å². The van der Waals surface area contributed by atoms with Gasteiger partial charge in [0.1, 0.15) is 6.07 Å². The molecule has 3 N–H and O–H groups in total. The zero-order chi connectivity index (χ0) is 16.1. The third kappa shape index (κ3) is 2.68. The van der Waals surface area contributed by atoms with Gasteiger partial charge in [-0.15, -0.1) is 12.8 Å². The summed E-state index contributed by atoms with van der Waals surface area (Å²) in [4.78, 5) is 3.18. The number of H-pyrrole nitrogens is 1. The molecule has 1 heterocycles. The van der Waals surface area contributed by atoms with Crippen LogP contribution in [0.4, 0.5) is 0 Å². The lowest BCUT2D eigenvalue weighted by atomic mass is 9.98. The van der Waals surface area contributed by atoms with Crippen LogP contribution in [0.15, 0.2) is 42.6 Å². The Balaban J connectivity index is 0.000000847. The molecule has 0 bridgehead atoms. The molecular formula is C17H14N4S. The molecule has 22 heavy (non-hydrogen) atoms. The molecule has 0 saturated carbocycles. The van der Waals surface area contributed by atoms with E-state index in [2.05, 4.69) is 35.1 Å². The highest BCUT2D eigenvalue weighted by Gasteiger charge is 2.11. The van der Waals surface area contributed by atoms with Gasteiger partial charge < -0.3 is 4.98 Å². The summed E-state index contributed by atoms with van der Waals surface area (Å²) in [5, 5.41) is 23.3. The largest absolute Gasteiger partial charge is 0.359 e. The van der Waals surface area contributed by atoms with Crippen molar-refractivity contribution in [3.8, 4) is 23.3 Å². The number of hydrogen-bond donors (Lipinski definition) is 3. The molecule has 1 aromatic heterocycles. The average molecular weight is 306 g/mol. The van der Waals surface area contributed by atoms with Gasteiger partial charge in [-0.2, -0.15) is 10.5 Å². The summed E-state index contributed by atoms with van der Waals surface area (Å²) in [6.07, 6.45) is 1.73. The van der Waals surface area contributed by atoms with Crippen molar-refractivity contribution in [3.05, 3.63) is 59.3 Å². The lowest BCUT2D eigenvalue weighted by molar-refractivity contribution is 1.44. The third-order valence-corrected chi connectivity index (χ3v) is 3.47. The van der Waals surface area contributed by atoms with E-state index in [1.165, 1.54) is 0 Å². The van der Waals surface area contributed by atoms with Gasteiger partial charge in [0.2, 0.25) is 0 Å². The fourth-order valence-corrected chi connectivity index (χ4v) is 2.51. The van der Waals surface area contributed by atoms with Crippen LogP contribution < -0.4 is 5.14 Å². The Kier molecular flexibility index (Phi) is 4.85. The normalized spacial score (nSPS) is 9.50. The standard InChI is InChI=1S/C17H11N3.H3NS/c1-11-5-6-15(13-4-2-3-12(7-13)8-18)17-16(11)14(9-19)10-20-17;1-2/h2-7,10,20H,1H3;2H,1H2. The molecule has 0 amide bonds. The maximum Gasteiger partial charge on any atom is 0.101 e. The highest BCUT2D eigenvalue weighted by molar-refractivity contribution is 7.77. The van der Waals surface area contributed by atoms with E-state index in [9.17, 15) is 5.26 Å². The van der Waals surface area contributed by atoms with Gasteiger partial charge in [0.05, 0.1) is 22.7 Å². The van der Waals surface area contributed by atoms with Gasteiger partial charge in [-0.05, 0) is 30.2 Å². The molecule has 0 aliphatic carbocycles. The highest BCUT2D eigenvalue weighted by Crippen LogP contribution is 2.32. The lowest BCUT2D eigenvalue weighted by Crippen LogP contribution is -1.85. The molecule has 0 fully saturated rings. The number of hydrogen-bond acceptors (Lipinski definition) is 4. The predicted molar refractivity (Wildman–Crippen MR) is 91.1 cm³/mol. The van der Waals surface area contributed by atoms with E-state index >= 15 is 0 Å². The molecule has 2 aromatic carbocycles. The van der Waals surface area contributed by atoms with Crippen LogP contribution in [0.25, 0.3) is 22.0 Å². The van der Waals surface area contributed by atoms with Crippen molar-refractivity contribution in [2.75, 3.05) is 0 Å². The second-order valence-corrected chi connectivity index (χ2v) is 4.69. The molecule has 5 heteroatoms. The van der Waals surface area contributed by atoms with Crippen LogP contribution in [-0.2, 0) is 0 Å². The van der Waals surface area contributed by atoms with E-state index in [1.807, 2.05) is 37.3 Å². The fraction of sp³-hybridized carbons (Fsp3) is 0.0588. The van der Waals surface area contributed by atoms with Gasteiger partial charge in [0, 0.05) is 17.1 Å². The number of aromatic amines is 1. The van der Waals surface area contributed by atoms with E-state index < -0.39 is 0 Å². The monoisotopic (exact) mass is 306 g/mol. The van der Waals surface area contributed by atoms with Crippen molar-refractivity contribution in [2.45, 2.75) is 6.92 Å². The lowest BCUT2D eigenvalue weighted by Gasteiger charge is -2.06. The first kappa shape index (κ1) is 15.7. The van der Waals surface area contributed by atoms with Crippen LogP contribution in [0.3, 0.4) is 0 Å². The Morgan fingerprint density at radius 1 is 1.09 bits per heavy atom.